The van der Waals surface area contributed by atoms with Crippen LogP contribution in [0.3, 0.4) is 0 Å². The van der Waals surface area contributed by atoms with Crippen molar-refractivity contribution in [1.82, 2.24) is 0 Å². The summed E-state index contributed by atoms with van der Waals surface area (Å²) in [5.74, 6) is 0. The molecule has 0 radical (unpaired) electrons. The van der Waals surface area contributed by atoms with Crippen molar-refractivity contribution in [3.63, 3.8) is 0 Å². The average Bonchev–Trinajstić information content (AvgIpc) is 2.17. The second kappa shape index (κ2) is 4.49. The Balaban J connectivity index is 2.91. The van der Waals surface area contributed by atoms with Crippen molar-refractivity contribution in [2.24, 2.45) is 0 Å². The van der Waals surface area contributed by atoms with Crippen LogP contribution in [0, 0.1) is 0 Å². The molecule has 0 saturated carbocycles. The summed E-state index contributed by atoms with van der Waals surface area (Å²) in [7, 11) is 0. The minimum Gasteiger partial charge on any atom is -0.392 e. The van der Waals surface area contributed by atoms with Gasteiger partial charge in [0.25, 0.3) is 0 Å². The number of aliphatic hydroxyl groups excluding tert-OH is 1. The van der Waals surface area contributed by atoms with Crippen molar-refractivity contribution >= 4 is 6.08 Å². The maximum Gasteiger partial charge on any atom is 0.416 e. The molecule has 0 heterocycles. The Labute approximate surface area is 85.9 Å². The molecule has 4 heteroatoms. The van der Waals surface area contributed by atoms with Crippen LogP contribution in [0.25, 0.3) is 6.08 Å². The molecule has 0 unspecified atom stereocenters. The second-order valence-electron chi connectivity index (χ2n) is 3.27. The van der Waals surface area contributed by atoms with Crippen LogP contribution in [0.4, 0.5) is 13.2 Å². The highest BCUT2D eigenvalue weighted by atomic mass is 19.4. The van der Waals surface area contributed by atoms with E-state index >= 15 is 0 Å². The third-order valence-electron chi connectivity index (χ3n) is 1.90. The van der Waals surface area contributed by atoms with E-state index in [0.717, 1.165) is 12.1 Å². The molecule has 1 aromatic rings. The van der Waals surface area contributed by atoms with Crippen molar-refractivity contribution in [3.05, 3.63) is 41.0 Å². The molecule has 15 heavy (non-hydrogen) atoms. The summed E-state index contributed by atoms with van der Waals surface area (Å²) in [6.45, 7) is 1.61. The fraction of sp³-hybridized carbons (Fsp3) is 0.273. The quantitative estimate of drug-likeness (QED) is 0.805. The van der Waals surface area contributed by atoms with Gasteiger partial charge in [-0.25, -0.2) is 0 Å². The topological polar surface area (TPSA) is 20.2 Å². The monoisotopic (exact) mass is 216 g/mol. The minimum absolute atomic E-state index is 0.0962. The van der Waals surface area contributed by atoms with Gasteiger partial charge in [-0.2, -0.15) is 13.2 Å². The molecule has 82 valence electrons. The van der Waals surface area contributed by atoms with Gasteiger partial charge >= 0.3 is 6.18 Å². The number of halogens is 3. The Morgan fingerprint density at radius 1 is 1.27 bits per heavy atom. The summed E-state index contributed by atoms with van der Waals surface area (Å²) >= 11 is 0. The molecule has 1 nitrogen and oxygen atoms in total. The molecule has 0 fully saturated rings. The summed E-state index contributed by atoms with van der Waals surface area (Å²) in [6, 6.07) is 4.80. The van der Waals surface area contributed by atoms with E-state index in [1.165, 1.54) is 12.1 Å². The number of benzene rings is 1. The Morgan fingerprint density at radius 2 is 1.80 bits per heavy atom. The molecule has 0 atom stereocenters. The Bertz CT molecular complexity index is 349. The molecular formula is C11H11F3O. The van der Waals surface area contributed by atoms with Crippen LogP contribution in [0.5, 0.6) is 0 Å². The molecule has 1 aromatic carbocycles. The highest BCUT2D eigenvalue weighted by Crippen LogP contribution is 2.29. The highest BCUT2D eigenvalue weighted by Gasteiger charge is 2.29. The number of aliphatic hydroxyl groups is 1. The third kappa shape index (κ3) is 3.40. The van der Waals surface area contributed by atoms with E-state index in [-0.39, 0.29) is 6.61 Å². The van der Waals surface area contributed by atoms with Gasteiger partial charge in [0.1, 0.15) is 0 Å². The van der Waals surface area contributed by atoms with E-state index in [4.69, 9.17) is 5.11 Å². The van der Waals surface area contributed by atoms with Gasteiger partial charge in [-0.15, -0.1) is 0 Å². The fourth-order valence-corrected chi connectivity index (χ4v) is 1.10. The standard InChI is InChI=1S/C11H11F3O/c1-8(7-15)6-9-2-4-10(5-3-9)11(12,13)14/h2-6,15H,7H2,1H3. The van der Waals surface area contributed by atoms with Crippen LogP contribution >= 0.6 is 0 Å². The number of alkyl halides is 3. The third-order valence-corrected chi connectivity index (χ3v) is 1.90. The first-order valence-electron chi connectivity index (χ1n) is 4.39. The van der Waals surface area contributed by atoms with Gasteiger partial charge in [-0.1, -0.05) is 18.2 Å². The van der Waals surface area contributed by atoms with Gasteiger partial charge in [0.2, 0.25) is 0 Å². The van der Waals surface area contributed by atoms with Crippen LogP contribution in [-0.2, 0) is 6.18 Å². The van der Waals surface area contributed by atoms with Crippen LogP contribution in [0.15, 0.2) is 29.8 Å². The maximum absolute atomic E-state index is 12.2. The summed E-state index contributed by atoms with van der Waals surface area (Å²) < 4.78 is 36.6. The lowest BCUT2D eigenvalue weighted by atomic mass is 10.1. The van der Waals surface area contributed by atoms with Crippen LogP contribution in [0.2, 0.25) is 0 Å². The van der Waals surface area contributed by atoms with Gasteiger partial charge in [0, 0.05) is 0 Å². The average molecular weight is 216 g/mol. The van der Waals surface area contributed by atoms with Crippen molar-refractivity contribution in [2.75, 3.05) is 6.61 Å². The molecule has 0 aromatic heterocycles. The predicted molar refractivity (Wildman–Crippen MR) is 52.2 cm³/mol. The van der Waals surface area contributed by atoms with E-state index in [9.17, 15) is 13.2 Å². The SMILES string of the molecule is CC(=Cc1ccc(C(F)(F)F)cc1)CO. The summed E-state index contributed by atoms with van der Waals surface area (Å²) in [5.41, 5.74) is 0.686. The summed E-state index contributed by atoms with van der Waals surface area (Å²) in [5, 5.41) is 8.73. The zero-order valence-electron chi connectivity index (χ0n) is 8.17. The van der Waals surface area contributed by atoms with Gasteiger partial charge < -0.3 is 5.11 Å². The Hall–Kier alpha value is -1.29. The summed E-state index contributed by atoms with van der Waals surface area (Å²) in [6.07, 6.45) is -2.66. The molecule has 0 aliphatic heterocycles. The first-order valence-corrected chi connectivity index (χ1v) is 4.39. The van der Waals surface area contributed by atoms with Crippen molar-refractivity contribution in [2.45, 2.75) is 13.1 Å². The first-order chi connectivity index (χ1) is 6.93. The molecular weight excluding hydrogens is 205 g/mol. The molecule has 0 spiro atoms. The Morgan fingerprint density at radius 3 is 2.20 bits per heavy atom. The molecule has 1 rings (SSSR count). The van der Waals surface area contributed by atoms with E-state index in [0.29, 0.717) is 11.1 Å². The van der Waals surface area contributed by atoms with Gasteiger partial charge in [-0.3, -0.25) is 0 Å². The lowest BCUT2D eigenvalue weighted by Gasteiger charge is -2.06. The molecule has 0 saturated heterocycles. The smallest absolute Gasteiger partial charge is 0.392 e. The molecule has 0 aliphatic rings. The molecule has 1 N–H and O–H groups in total. The van der Waals surface area contributed by atoms with Crippen LogP contribution < -0.4 is 0 Å². The van der Waals surface area contributed by atoms with Gasteiger partial charge in [0.15, 0.2) is 0 Å². The minimum atomic E-state index is -4.30. The predicted octanol–water partition coefficient (Wildman–Crippen LogP) is 3.10. The zero-order valence-corrected chi connectivity index (χ0v) is 8.17. The number of hydrogen-bond acceptors (Lipinski definition) is 1. The zero-order chi connectivity index (χ0) is 11.5. The Kier molecular flexibility index (Phi) is 3.52. The maximum atomic E-state index is 12.2. The van der Waals surface area contributed by atoms with Gasteiger partial charge in [-0.05, 0) is 30.2 Å². The lowest BCUT2D eigenvalue weighted by molar-refractivity contribution is -0.137. The first kappa shape index (κ1) is 11.8. The highest BCUT2D eigenvalue weighted by molar-refractivity contribution is 5.53. The van der Waals surface area contributed by atoms with Crippen LogP contribution in [-0.4, -0.2) is 11.7 Å². The number of rotatable bonds is 2. The summed E-state index contributed by atoms with van der Waals surface area (Å²) in [4.78, 5) is 0. The fourth-order valence-electron chi connectivity index (χ4n) is 1.10. The van der Waals surface area contributed by atoms with E-state index in [1.54, 1.807) is 13.0 Å². The largest absolute Gasteiger partial charge is 0.416 e. The molecule has 0 aliphatic carbocycles. The van der Waals surface area contributed by atoms with Crippen LogP contribution in [0.1, 0.15) is 18.1 Å². The normalized spacial score (nSPS) is 13.0. The van der Waals surface area contributed by atoms with E-state index in [1.807, 2.05) is 0 Å². The number of hydrogen-bond donors (Lipinski definition) is 1. The lowest BCUT2D eigenvalue weighted by Crippen LogP contribution is -2.04. The van der Waals surface area contributed by atoms with Crippen molar-refractivity contribution in [1.29, 1.82) is 0 Å². The van der Waals surface area contributed by atoms with E-state index < -0.39 is 11.7 Å². The van der Waals surface area contributed by atoms with E-state index in [2.05, 4.69) is 0 Å². The van der Waals surface area contributed by atoms with Crippen molar-refractivity contribution in [3.8, 4) is 0 Å². The van der Waals surface area contributed by atoms with Gasteiger partial charge in [0.05, 0.1) is 12.2 Å². The second-order valence-corrected chi connectivity index (χ2v) is 3.27. The molecule has 0 amide bonds. The van der Waals surface area contributed by atoms with Crippen molar-refractivity contribution < 1.29 is 18.3 Å². The molecule has 0 bridgehead atoms.